The molecule has 1 aromatic heterocycles. The first kappa shape index (κ1) is 10.3. The molecule has 0 amide bonds. The Bertz CT molecular complexity index is 637. The van der Waals surface area contributed by atoms with Crippen molar-refractivity contribution in [1.82, 2.24) is 0 Å². The molecule has 0 spiro atoms. The highest BCUT2D eigenvalue weighted by atomic mass is 16.4. The van der Waals surface area contributed by atoms with E-state index in [-0.39, 0.29) is 11.1 Å². The van der Waals surface area contributed by atoms with Crippen molar-refractivity contribution in [3.05, 3.63) is 45.3 Å². The van der Waals surface area contributed by atoms with Gasteiger partial charge in [0.05, 0.1) is 5.56 Å². The van der Waals surface area contributed by atoms with Crippen LogP contribution in [-0.2, 0) is 0 Å². The van der Waals surface area contributed by atoms with Gasteiger partial charge in [0, 0.05) is 17.0 Å². The van der Waals surface area contributed by atoms with Gasteiger partial charge in [0.1, 0.15) is 11.9 Å². The minimum absolute atomic E-state index is 0.227. The third kappa shape index (κ3) is 1.44. The summed E-state index contributed by atoms with van der Waals surface area (Å²) < 4.78 is 4.96. The maximum absolute atomic E-state index is 11.1. The summed E-state index contributed by atoms with van der Waals surface area (Å²) >= 11 is 0. The average Bonchev–Trinajstić information content (AvgIpc) is 2.28. The molecule has 2 rings (SSSR count). The standard InChI is InChI=1S/C12H8O4/c1-7-9(5-13)4-8-2-3-11(15)16-12(8)10(7)6-14/h2-6H,1H3. The van der Waals surface area contributed by atoms with E-state index in [0.717, 1.165) is 0 Å². The van der Waals surface area contributed by atoms with Crippen molar-refractivity contribution in [1.29, 1.82) is 0 Å². The van der Waals surface area contributed by atoms with Crippen LogP contribution in [0.5, 0.6) is 0 Å². The predicted octanol–water partition coefficient (Wildman–Crippen LogP) is 1.73. The van der Waals surface area contributed by atoms with Crippen LogP contribution >= 0.6 is 0 Å². The second-order valence-electron chi connectivity index (χ2n) is 3.41. The molecule has 0 N–H and O–H groups in total. The molecule has 0 aliphatic carbocycles. The Hall–Kier alpha value is -2.23. The molecule has 2 aromatic rings. The van der Waals surface area contributed by atoms with Gasteiger partial charge in [0.25, 0.3) is 0 Å². The summed E-state index contributed by atoms with van der Waals surface area (Å²) in [5.74, 6) is 0. The molecule has 1 aromatic carbocycles. The van der Waals surface area contributed by atoms with Crippen LogP contribution in [-0.4, -0.2) is 12.6 Å². The van der Waals surface area contributed by atoms with E-state index in [1.165, 1.54) is 12.1 Å². The predicted molar refractivity (Wildman–Crippen MR) is 58.0 cm³/mol. The third-order valence-corrected chi connectivity index (χ3v) is 2.50. The fourth-order valence-electron chi connectivity index (χ4n) is 1.62. The minimum Gasteiger partial charge on any atom is -0.422 e. The van der Waals surface area contributed by atoms with Gasteiger partial charge < -0.3 is 4.42 Å². The number of rotatable bonds is 2. The number of aldehydes is 2. The van der Waals surface area contributed by atoms with Crippen molar-refractivity contribution in [3.63, 3.8) is 0 Å². The first-order valence-corrected chi connectivity index (χ1v) is 4.65. The van der Waals surface area contributed by atoms with E-state index >= 15 is 0 Å². The molecule has 4 heteroatoms. The van der Waals surface area contributed by atoms with E-state index < -0.39 is 5.63 Å². The zero-order chi connectivity index (χ0) is 11.7. The van der Waals surface area contributed by atoms with Gasteiger partial charge in [-0.3, -0.25) is 9.59 Å². The van der Waals surface area contributed by atoms with Crippen molar-refractivity contribution in [2.45, 2.75) is 6.92 Å². The van der Waals surface area contributed by atoms with E-state index in [2.05, 4.69) is 0 Å². The van der Waals surface area contributed by atoms with Crippen LogP contribution in [0.15, 0.2) is 27.4 Å². The Morgan fingerprint density at radius 3 is 2.56 bits per heavy atom. The normalized spacial score (nSPS) is 10.3. The Morgan fingerprint density at radius 2 is 1.94 bits per heavy atom. The number of hydrogen-bond acceptors (Lipinski definition) is 4. The SMILES string of the molecule is Cc1c(C=O)cc2ccc(=O)oc2c1C=O. The van der Waals surface area contributed by atoms with Crippen molar-refractivity contribution in [3.8, 4) is 0 Å². The van der Waals surface area contributed by atoms with Crippen LogP contribution in [0.4, 0.5) is 0 Å². The molecular weight excluding hydrogens is 208 g/mol. The Morgan fingerprint density at radius 1 is 1.19 bits per heavy atom. The summed E-state index contributed by atoms with van der Waals surface area (Å²) in [6.45, 7) is 1.64. The molecule has 0 aliphatic heterocycles. The third-order valence-electron chi connectivity index (χ3n) is 2.50. The van der Waals surface area contributed by atoms with E-state index in [0.29, 0.717) is 29.1 Å². The molecule has 0 unspecified atom stereocenters. The average molecular weight is 216 g/mol. The topological polar surface area (TPSA) is 64.3 Å². The van der Waals surface area contributed by atoms with Crippen LogP contribution in [0.2, 0.25) is 0 Å². The van der Waals surface area contributed by atoms with Crippen molar-refractivity contribution in [2.75, 3.05) is 0 Å². The summed E-state index contributed by atoms with van der Waals surface area (Å²) in [6.07, 6.45) is 1.26. The quantitative estimate of drug-likeness (QED) is 0.566. The molecule has 4 nitrogen and oxygen atoms in total. The Labute approximate surface area is 90.5 Å². The molecule has 1 heterocycles. The van der Waals surface area contributed by atoms with E-state index in [1.807, 2.05) is 0 Å². The van der Waals surface area contributed by atoms with Crippen LogP contribution in [0.1, 0.15) is 26.3 Å². The smallest absolute Gasteiger partial charge is 0.336 e. The van der Waals surface area contributed by atoms with Gasteiger partial charge in [-0.05, 0) is 24.6 Å². The van der Waals surface area contributed by atoms with Crippen molar-refractivity contribution < 1.29 is 14.0 Å². The maximum Gasteiger partial charge on any atom is 0.336 e. The number of hydrogen-bond donors (Lipinski definition) is 0. The molecule has 16 heavy (non-hydrogen) atoms. The summed E-state index contributed by atoms with van der Waals surface area (Å²) in [4.78, 5) is 32.8. The highest BCUT2D eigenvalue weighted by Crippen LogP contribution is 2.22. The lowest BCUT2D eigenvalue weighted by atomic mass is 10.0. The molecule has 0 radical (unpaired) electrons. The number of benzene rings is 1. The van der Waals surface area contributed by atoms with Gasteiger partial charge in [-0.15, -0.1) is 0 Å². The Kier molecular flexibility index (Phi) is 2.40. The van der Waals surface area contributed by atoms with Gasteiger partial charge >= 0.3 is 5.63 Å². The maximum atomic E-state index is 11.1. The van der Waals surface area contributed by atoms with Gasteiger partial charge in [-0.1, -0.05) is 0 Å². The second kappa shape index (κ2) is 3.73. The van der Waals surface area contributed by atoms with Gasteiger partial charge in [0.2, 0.25) is 0 Å². The lowest BCUT2D eigenvalue weighted by molar-refractivity contribution is 0.112. The molecule has 0 atom stereocenters. The second-order valence-corrected chi connectivity index (χ2v) is 3.41. The zero-order valence-corrected chi connectivity index (χ0v) is 8.52. The molecule has 0 bridgehead atoms. The molecule has 80 valence electrons. The Balaban J connectivity index is 3.01. The van der Waals surface area contributed by atoms with Gasteiger partial charge in [-0.2, -0.15) is 0 Å². The first-order chi connectivity index (χ1) is 7.67. The summed E-state index contributed by atoms with van der Waals surface area (Å²) in [7, 11) is 0. The molecule has 0 aliphatic rings. The van der Waals surface area contributed by atoms with Crippen LogP contribution < -0.4 is 5.63 Å². The summed E-state index contributed by atoms with van der Waals surface area (Å²) in [5, 5.41) is 0.564. The summed E-state index contributed by atoms with van der Waals surface area (Å²) in [5.41, 5.74) is 0.895. The summed E-state index contributed by atoms with van der Waals surface area (Å²) in [6, 6.07) is 4.37. The lowest BCUT2D eigenvalue weighted by Gasteiger charge is -2.05. The highest BCUT2D eigenvalue weighted by Gasteiger charge is 2.11. The van der Waals surface area contributed by atoms with Crippen LogP contribution in [0.3, 0.4) is 0 Å². The monoisotopic (exact) mass is 216 g/mol. The fourth-order valence-corrected chi connectivity index (χ4v) is 1.62. The molecule has 0 fully saturated rings. The van der Waals surface area contributed by atoms with Crippen LogP contribution in [0, 0.1) is 6.92 Å². The fraction of sp³-hybridized carbons (Fsp3) is 0.0833. The van der Waals surface area contributed by atoms with Crippen molar-refractivity contribution >= 4 is 23.5 Å². The van der Waals surface area contributed by atoms with E-state index in [1.54, 1.807) is 13.0 Å². The minimum atomic E-state index is -0.520. The molecular formula is C12H8O4. The van der Waals surface area contributed by atoms with Crippen LogP contribution in [0.25, 0.3) is 11.0 Å². The lowest BCUT2D eigenvalue weighted by Crippen LogP contribution is -2.00. The molecule has 0 saturated carbocycles. The number of carbonyl (C=O) groups excluding carboxylic acids is 2. The first-order valence-electron chi connectivity index (χ1n) is 4.65. The zero-order valence-electron chi connectivity index (χ0n) is 8.52. The van der Waals surface area contributed by atoms with Gasteiger partial charge in [0.15, 0.2) is 6.29 Å². The number of fused-ring (bicyclic) bond motifs is 1. The number of carbonyl (C=O) groups is 2. The van der Waals surface area contributed by atoms with Crippen molar-refractivity contribution in [2.24, 2.45) is 0 Å². The highest BCUT2D eigenvalue weighted by molar-refractivity contribution is 6.00. The van der Waals surface area contributed by atoms with E-state index in [9.17, 15) is 14.4 Å². The largest absolute Gasteiger partial charge is 0.422 e. The van der Waals surface area contributed by atoms with E-state index in [4.69, 9.17) is 4.42 Å². The van der Waals surface area contributed by atoms with Gasteiger partial charge in [-0.25, -0.2) is 4.79 Å². The molecule has 0 saturated heterocycles.